The lowest BCUT2D eigenvalue weighted by molar-refractivity contribution is 0.122. The zero-order chi connectivity index (χ0) is 22.6. The van der Waals surface area contributed by atoms with Gasteiger partial charge >= 0.3 is 0 Å². The lowest BCUT2D eigenvalue weighted by atomic mass is 10.0. The Hall–Kier alpha value is -2.38. The number of nitrogens with two attached hydrogens (primary N) is 1. The van der Waals surface area contributed by atoms with Crippen molar-refractivity contribution in [2.75, 3.05) is 39.3 Å². The maximum atomic E-state index is 6.36. The molecule has 5 rings (SSSR count). The molecule has 0 spiro atoms. The summed E-state index contributed by atoms with van der Waals surface area (Å²) >= 11 is 6.36. The first-order chi connectivity index (χ1) is 16.2. The number of hydrogen-bond acceptors (Lipinski definition) is 5. The maximum Gasteiger partial charge on any atom is 0.0714 e. The Morgan fingerprint density at radius 2 is 1.79 bits per heavy atom. The van der Waals surface area contributed by atoms with E-state index in [-0.39, 0.29) is 0 Å². The molecule has 0 aliphatic carbocycles. The number of nitrogens with zero attached hydrogens (tertiary/aromatic N) is 4. The molecular weight excluding hydrogens is 432 g/mol. The van der Waals surface area contributed by atoms with Gasteiger partial charge in [0.25, 0.3) is 0 Å². The van der Waals surface area contributed by atoms with Crippen LogP contribution in [0.5, 0.6) is 0 Å². The molecule has 2 aliphatic rings. The molecule has 0 amide bonds. The Bertz CT molecular complexity index is 1130. The average Bonchev–Trinajstić information content (AvgIpc) is 3.48. The summed E-state index contributed by atoms with van der Waals surface area (Å²) in [4.78, 5) is 5.06. The third-order valence-corrected chi connectivity index (χ3v) is 7.14. The molecule has 0 bridgehead atoms. The van der Waals surface area contributed by atoms with Crippen molar-refractivity contribution >= 4 is 28.2 Å². The van der Waals surface area contributed by atoms with Gasteiger partial charge in [0.15, 0.2) is 0 Å². The second-order valence-corrected chi connectivity index (χ2v) is 9.50. The smallest absolute Gasteiger partial charge is 0.0714 e. The highest BCUT2D eigenvalue weighted by atomic mass is 35.5. The molecule has 7 heteroatoms. The van der Waals surface area contributed by atoms with E-state index in [1.165, 1.54) is 27.6 Å². The van der Waals surface area contributed by atoms with Crippen molar-refractivity contribution in [1.29, 1.82) is 0 Å². The predicted molar refractivity (Wildman–Crippen MR) is 137 cm³/mol. The summed E-state index contributed by atoms with van der Waals surface area (Å²) < 4.78 is 2.34. The van der Waals surface area contributed by atoms with Gasteiger partial charge in [-0.05, 0) is 42.3 Å². The van der Waals surface area contributed by atoms with Crippen LogP contribution in [0.1, 0.15) is 29.5 Å². The van der Waals surface area contributed by atoms with Crippen LogP contribution in [0.4, 0.5) is 0 Å². The van der Waals surface area contributed by atoms with Crippen LogP contribution in [0.25, 0.3) is 10.9 Å². The largest absolute Gasteiger partial charge is 0.347 e. The number of hydrogen-bond donors (Lipinski definition) is 2. The minimum atomic E-state index is 0.706. The molecule has 3 heterocycles. The number of nitrogens with one attached hydrogen (secondary N) is 1. The lowest BCUT2D eigenvalue weighted by Crippen LogP contribution is -2.45. The van der Waals surface area contributed by atoms with E-state index >= 15 is 0 Å². The number of benzene rings is 2. The van der Waals surface area contributed by atoms with Crippen molar-refractivity contribution in [3.05, 3.63) is 70.4 Å². The fourth-order valence-corrected chi connectivity index (χ4v) is 5.12. The quantitative estimate of drug-likeness (QED) is 0.534. The Kier molecular flexibility index (Phi) is 6.97. The molecule has 0 atom stereocenters. The predicted octanol–water partition coefficient (Wildman–Crippen LogP) is 3.66. The summed E-state index contributed by atoms with van der Waals surface area (Å²) in [5.74, 6) is 0. The Morgan fingerprint density at radius 1 is 1.00 bits per heavy atom. The van der Waals surface area contributed by atoms with Gasteiger partial charge < -0.3 is 15.7 Å². The van der Waals surface area contributed by atoms with E-state index in [0.29, 0.717) is 6.54 Å². The van der Waals surface area contributed by atoms with Crippen molar-refractivity contribution in [3.8, 4) is 0 Å². The molecule has 174 valence electrons. The summed E-state index contributed by atoms with van der Waals surface area (Å²) in [7, 11) is 0. The van der Waals surface area contributed by atoms with Gasteiger partial charge in [0.05, 0.1) is 5.71 Å². The number of halogens is 1. The molecular formula is C26H33ClN6. The van der Waals surface area contributed by atoms with E-state index in [1.807, 2.05) is 12.1 Å². The Labute approximate surface area is 201 Å². The van der Waals surface area contributed by atoms with Gasteiger partial charge in [-0.1, -0.05) is 35.9 Å². The fraction of sp³-hybridized carbons (Fsp3) is 0.423. The third-order valence-electron chi connectivity index (χ3n) is 6.77. The molecule has 2 aromatic carbocycles. The van der Waals surface area contributed by atoms with Crippen LogP contribution in [0.2, 0.25) is 5.02 Å². The van der Waals surface area contributed by atoms with Crippen LogP contribution in [-0.2, 0) is 19.6 Å². The first-order valence-electron chi connectivity index (χ1n) is 12.0. The van der Waals surface area contributed by atoms with Crippen molar-refractivity contribution in [2.45, 2.75) is 32.5 Å². The van der Waals surface area contributed by atoms with E-state index in [1.54, 1.807) is 0 Å². The van der Waals surface area contributed by atoms with Crippen LogP contribution in [-0.4, -0.2) is 59.3 Å². The van der Waals surface area contributed by atoms with Crippen LogP contribution in [0, 0.1) is 0 Å². The van der Waals surface area contributed by atoms with E-state index in [2.05, 4.69) is 61.4 Å². The van der Waals surface area contributed by atoms with Gasteiger partial charge in [-0.15, -0.1) is 0 Å². The molecule has 0 unspecified atom stereocenters. The molecule has 2 aliphatic heterocycles. The first kappa shape index (κ1) is 22.4. The number of aryl methyl sites for hydroxylation is 1. The normalized spacial score (nSPS) is 17.5. The molecule has 3 N–H and O–H groups in total. The number of piperazine rings is 1. The summed E-state index contributed by atoms with van der Waals surface area (Å²) in [5, 5.41) is 6.72. The van der Waals surface area contributed by atoms with Crippen molar-refractivity contribution in [3.63, 3.8) is 0 Å². The molecule has 33 heavy (non-hydrogen) atoms. The second-order valence-electron chi connectivity index (χ2n) is 9.09. The molecule has 0 radical (unpaired) electrons. The standard InChI is InChI=1S/C26H33ClN6/c27-24-5-2-1-4-21(24)18-32-14-12-31(13-15-32)17-20-6-7-26-22(16-20)23(25-8-10-29-30-25)19-33(26)11-3-9-28/h1-2,4-7,16,19,29H,3,8-15,17-18,28H2. The van der Waals surface area contributed by atoms with Gasteiger partial charge in [-0.2, -0.15) is 5.10 Å². The summed E-state index contributed by atoms with van der Waals surface area (Å²) in [6, 6.07) is 15.1. The molecule has 1 aromatic heterocycles. The lowest BCUT2D eigenvalue weighted by Gasteiger charge is -2.35. The van der Waals surface area contributed by atoms with Gasteiger partial charge in [-0.25, -0.2) is 0 Å². The first-order valence-corrected chi connectivity index (χ1v) is 12.4. The van der Waals surface area contributed by atoms with Crippen LogP contribution >= 0.6 is 11.6 Å². The van der Waals surface area contributed by atoms with Crippen LogP contribution in [0.3, 0.4) is 0 Å². The zero-order valence-electron chi connectivity index (χ0n) is 19.1. The zero-order valence-corrected chi connectivity index (χ0v) is 19.9. The fourth-order valence-electron chi connectivity index (χ4n) is 4.93. The van der Waals surface area contributed by atoms with Gasteiger partial charge in [0, 0.05) is 86.5 Å². The SMILES string of the molecule is NCCCn1cc(C2=NNCC2)c2cc(CN3CCN(Cc4ccccc4Cl)CC3)ccc21. The number of fused-ring (bicyclic) bond motifs is 1. The highest BCUT2D eigenvalue weighted by Gasteiger charge is 2.20. The summed E-state index contributed by atoms with van der Waals surface area (Å²) in [6.07, 6.45) is 4.23. The minimum Gasteiger partial charge on any atom is -0.347 e. The summed E-state index contributed by atoms with van der Waals surface area (Å²) in [6.45, 7) is 8.76. The maximum absolute atomic E-state index is 6.36. The molecule has 0 saturated carbocycles. The Balaban J connectivity index is 1.27. The Morgan fingerprint density at radius 3 is 2.52 bits per heavy atom. The van der Waals surface area contributed by atoms with Crippen molar-refractivity contribution in [2.24, 2.45) is 10.8 Å². The topological polar surface area (TPSA) is 61.8 Å². The van der Waals surface area contributed by atoms with Crippen molar-refractivity contribution in [1.82, 2.24) is 19.8 Å². The molecule has 1 saturated heterocycles. The third kappa shape index (κ3) is 5.09. The number of hydrazone groups is 1. The van der Waals surface area contributed by atoms with E-state index in [4.69, 9.17) is 17.3 Å². The van der Waals surface area contributed by atoms with E-state index in [0.717, 1.165) is 75.9 Å². The van der Waals surface area contributed by atoms with Gasteiger partial charge in [0.2, 0.25) is 0 Å². The van der Waals surface area contributed by atoms with Crippen molar-refractivity contribution < 1.29 is 0 Å². The van der Waals surface area contributed by atoms with Gasteiger partial charge in [0.1, 0.15) is 0 Å². The number of aromatic nitrogens is 1. The highest BCUT2D eigenvalue weighted by molar-refractivity contribution is 6.31. The summed E-state index contributed by atoms with van der Waals surface area (Å²) in [5.41, 5.74) is 15.2. The molecule has 1 fully saturated rings. The highest BCUT2D eigenvalue weighted by Crippen LogP contribution is 2.26. The second kappa shape index (κ2) is 10.3. The van der Waals surface area contributed by atoms with Gasteiger partial charge in [-0.3, -0.25) is 9.80 Å². The van der Waals surface area contributed by atoms with E-state index < -0.39 is 0 Å². The van der Waals surface area contributed by atoms with Crippen LogP contribution < -0.4 is 11.2 Å². The average molecular weight is 465 g/mol. The monoisotopic (exact) mass is 464 g/mol. The number of rotatable bonds is 8. The minimum absolute atomic E-state index is 0.706. The molecule has 3 aromatic rings. The van der Waals surface area contributed by atoms with E-state index in [9.17, 15) is 0 Å². The molecule has 6 nitrogen and oxygen atoms in total. The van der Waals surface area contributed by atoms with Crippen LogP contribution in [0.15, 0.2) is 53.8 Å².